The lowest BCUT2D eigenvalue weighted by Gasteiger charge is -2.32. The molecule has 1 saturated carbocycles. The summed E-state index contributed by atoms with van der Waals surface area (Å²) in [5, 5.41) is 11.7. The molecule has 0 aromatic carbocycles. The van der Waals surface area contributed by atoms with Crippen LogP contribution < -0.4 is 5.32 Å². The van der Waals surface area contributed by atoms with Gasteiger partial charge in [0.25, 0.3) is 0 Å². The molecule has 0 radical (unpaired) electrons. The number of likely N-dealkylation sites (N-methyl/N-ethyl adjacent to an activating group) is 1. The van der Waals surface area contributed by atoms with E-state index in [1.807, 2.05) is 6.92 Å². The molecule has 2 N–H and O–H groups in total. The van der Waals surface area contributed by atoms with Crippen molar-refractivity contribution in [3.63, 3.8) is 0 Å². The Kier molecular flexibility index (Phi) is 6.48. The molecule has 0 spiro atoms. The zero-order chi connectivity index (χ0) is 15.1. The number of rotatable bonds is 6. The third-order valence-electron chi connectivity index (χ3n) is 3.82. The molecule has 0 bridgehead atoms. The van der Waals surface area contributed by atoms with Crippen molar-refractivity contribution in [2.75, 3.05) is 20.1 Å². The molecule has 0 heterocycles. The number of nitrogens with zero attached hydrogens (tertiary/aromatic N) is 1. The summed E-state index contributed by atoms with van der Waals surface area (Å²) >= 11 is 0. The predicted molar refractivity (Wildman–Crippen MR) is 74.0 cm³/mol. The molecule has 114 valence electrons. The molecule has 2 amide bonds. The highest BCUT2D eigenvalue weighted by atomic mass is 16.4. The van der Waals surface area contributed by atoms with Crippen molar-refractivity contribution < 1.29 is 19.5 Å². The van der Waals surface area contributed by atoms with Crippen LogP contribution in [0, 0.1) is 11.8 Å². The Morgan fingerprint density at radius 2 is 1.80 bits per heavy atom. The van der Waals surface area contributed by atoms with Crippen molar-refractivity contribution in [3.8, 4) is 0 Å². The van der Waals surface area contributed by atoms with E-state index in [9.17, 15) is 19.5 Å². The van der Waals surface area contributed by atoms with E-state index in [2.05, 4.69) is 5.32 Å². The van der Waals surface area contributed by atoms with Gasteiger partial charge in [-0.15, -0.1) is 0 Å². The molecule has 2 atom stereocenters. The molecule has 0 aromatic rings. The highest BCUT2D eigenvalue weighted by molar-refractivity contribution is 5.88. The van der Waals surface area contributed by atoms with Gasteiger partial charge in [-0.25, -0.2) is 0 Å². The van der Waals surface area contributed by atoms with Crippen molar-refractivity contribution in [1.82, 2.24) is 10.2 Å². The highest BCUT2D eigenvalue weighted by Crippen LogP contribution is 2.31. The van der Waals surface area contributed by atoms with Gasteiger partial charge in [0.05, 0.1) is 18.4 Å². The molecule has 0 aromatic heterocycles. The molecular formula is C14H24N2O4. The first-order chi connectivity index (χ1) is 9.51. The topological polar surface area (TPSA) is 86.7 Å². The summed E-state index contributed by atoms with van der Waals surface area (Å²) in [7, 11) is 1.53. The number of amides is 2. The van der Waals surface area contributed by atoms with Gasteiger partial charge >= 0.3 is 5.97 Å². The number of hydrogen-bond acceptors (Lipinski definition) is 3. The summed E-state index contributed by atoms with van der Waals surface area (Å²) < 4.78 is 0. The standard InChI is InChI=1S/C14H24N2O4/c1-3-8-16(9-12(17)15-2)13(18)10-6-4-5-7-11(10)14(19)20/h10-11H,3-9H2,1-2H3,(H,15,17)(H,19,20)/t10-,11+/m1/s1. The van der Waals surface area contributed by atoms with Crippen LogP contribution in [0.1, 0.15) is 39.0 Å². The van der Waals surface area contributed by atoms with Gasteiger partial charge in [-0.3, -0.25) is 14.4 Å². The van der Waals surface area contributed by atoms with Gasteiger partial charge in [0.2, 0.25) is 11.8 Å². The fourth-order valence-electron chi connectivity index (χ4n) is 2.75. The fraction of sp³-hybridized carbons (Fsp3) is 0.786. The number of aliphatic carboxylic acids is 1. The van der Waals surface area contributed by atoms with Crippen LogP contribution in [0.2, 0.25) is 0 Å². The summed E-state index contributed by atoms with van der Waals surface area (Å²) in [5.41, 5.74) is 0. The Bertz CT molecular complexity index is 370. The van der Waals surface area contributed by atoms with E-state index < -0.39 is 17.8 Å². The molecule has 1 rings (SSSR count). The molecule has 6 heteroatoms. The van der Waals surface area contributed by atoms with E-state index >= 15 is 0 Å². The van der Waals surface area contributed by atoms with Crippen LogP contribution in [0.4, 0.5) is 0 Å². The lowest BCUT2D eigenvalue weighted by molar-refractivity contribution is -0.152. The molecule has 0 unspecified atom stereocenters. The second-order valence-corrected chi connectivity index (χ2v) is 5.27. The number of nitrogens with one attached hydrogen (secondary N) is 1. The fourth-order valence-corrected chi connectivity index (χ4v) is 2.75. The molecule has 6 nitrogen and oxygen atoms in total. The van der Waals surface area contributed by atoms with Gasteiger partial charge in [0.15, 0.2) is 0 Å². The molecule has 1 aliphatic rings. The highest BCUT2D eigenvalue weighted by Gasteiger charge is 2.37. The molecule has 20 heavy (non-hydrogen) atoms. The maximum absolute atomic E-state index is 12.5. The maximum Gasteiger partial charge on any atom is 0.307 e. The second-order valence-electron chi connectivity index (χ2n) is 5.27. The molecule has 1 fully saturated rings. The SMILES string of the molecule is CCCN(CC(=O)NC)C(=O)[C@@H]1CCCC[C@@H]1C(=O)O. The number of carboxylic acids is 1. The quantitative estimate of drug-likeness (QED) is 0.757. The Labute approximate surface area is 119 Å². The Balaban J connectivity index is 2.80. The summed E-state index contributed by atoms with van der Waals surface area (Å²) in [6, 6.07) is 0. The second kappa shape index (κ2) is 7.87. The third kappa shape index (κ3) is 4.21. The molecular weight excluding hydrogens is 260 g/mol. The van der Waals surface area contributed by atoms with E-state index in [0.717, 1.165) is 19.3 Å². The zero-order valence-corrected chi connectivity index (χ0v) is 12.2. The van der Waals surface area contributed by atoms with Crippen LogP contribution in [0.25, 0.3) is 0 Å². The van der Waals surface area contributed by atoms with Crippen LogP contribution >= 0.6 is 0 Å². The lowest BCUT2D eigenvalue weighted by atomic mass is 9.78. The molecule has 0 saturated heterocycles. The minimum absolute atomic E-state index is 0.00596. The van der Waals surface area contributed by atoms with Crippen LogP contribution in [0.15, 0.2) is 0 Å². The summed E-state index contributed by atoms with van der Waals surface area (Å²) in [6.45, 7) is 2.42. The maximum atomic E-state index is 12.5. The van der Waals surface area contributed by atoms with E-state index in [0.29, 0.717) is 19.4 Å². The summed E-state index contributed by atoms with van der Waals surface area (Å²) in [6.07, 6.45) is 3.62. The van der Waals surface area contributed by atoms with E-state index in [4.69, 9.17) is 0 Å². The van der Waals surface area contributed by atoms with Gasteiger partial charge in [-0.1, -0.05) is 19.8 Å². The monoisotopic (exact) mass is 284 g/mol. The van der Waals surface area contributed by atoms with E-state index in [1.54, 1.807) is 0 Å². The van der Waals surface area contributed by atoms with Crippen molar-refractivity contribution in [1.29, 1.82) is 0 Å². The summed E-state index contributed by atoms with van der Waals surface area (Å²) in [4.78, 5) is 36.8. The van der Waals surface area contributed by atoms with Crippen molar-refractivity contribution in [2.24, 2.45) is 11.8 Å². The molecule has 1 aliphatic carbocycles. The number of carbonyl (C=O) groups is 3. The van der Waals surface area contributed by atoms with Gasteiger partial charge in [0.1, 0.15) is 0 Å². The van der Waals surface area contributed by atoms with Gasteiger partial charge in [-0.05, 0) is 19.3 Å². The first-order valence-electron chi connectivity index (χ1n) is 7.23. The average Bonchev–Trinajstić information content (AvgIpc) is 2.45. The number of carboxylic acid groups (broad SMARTS) is 1. The zero-order valence-electron chi connectivity index (χ0n) is 12.2. The first kappa shape index (κ1) is 16.5. The van der Waals surface area contributed by atoms with Crippen molar-refractivity contribution >= 4 is 17.8 Å². The Morgan fingerprint density at radius 3 is 2.30 bits per heavy atom. The smallest absolute Gasteiger partial charge is 0.307 e. The van der Waals surface area contributed by atoms with Crippen LogP contribution in [-0.2, 0) is 14.4 Å². The minimum atomic E-state index is -0.903. The normalized spacial score (nSPS) is 22.1. The third-order valence-corrected chi connectivity index (χ3v) is 3.82. The van der Waals surface area contributed by atoms with Crippen molar-refractivity contribution in [3.05, 3.63) is 0 Å². The van der Waals surface area contributed by atoms with Crippen molar-refractivity contribution in [2.45, 2.75) is 39.0 Å². The van der Waals surface area contributed by atoms with Gasteiger partial charge in [0, 0.05) is 13.6 Å². The first-order valence-corrected chi connectivity index (χ1v) is 7.23. The number of hydrogen-bond donors (Lipinski definition) is 2. The van der Waals surface area contributed by atoms with Gasteiger partial charge < -0.3 is 15.3 Å². The minimum Gasteiger partial charge on any atom is -0.481 e. The summed E-state index contributed by atoms with van der Waals surface area (Å²) in [5.74, 6) is -2.42. The number of carbonyl (C=O) groups excluding carboxylic acids is 2. The lowest BCUT2D eigenvalue weighted by Crippen LogP contribution is -2.46. The van der Waals surface area contributed by atoms with Gasteiger partial charge in [-0.2, -0.15) is 0 Å². The van der Waals surface area contributed by atoms with Crippen LogP contribution in [0.3, 0.4) is 0 Å². The predicted octanol–water partition coefficient (Wildman–Crippen LogP) is 0.862. The van der Waals surface area contributed by atoms with E-state index in [1.165, 1.54) is 11.9 Å². The van der Waals surface area contributed by atoms with Crippen LogP contribution in [-0.4, -0.2) is 47.9 Å². The Morgan fingerprint density at radius 1 is 1.20 bits per heavy atom. The largest absolute Gasteiger partial charge is 0.481 e. The van der Waals surface area contributed by atoms with E-state index in [-0.39, 0.29) is 18.4 Å². The molecule has 0 aliphatic heterocycles. The average molecular weight is 284 g/mol. The Hall–Kier alpha value is -1.59. The van der Waals surface area contributed by atoms with Crippen LogP contribution in [0.5, 0.6) is 0 Å².